The molecule has 0 saturated carbocycles. The van der Waals surface area contributed by atoms with Crippen LogP contribution in [-0.4, -0.2) is 90.1 Å². The molecule has 1 aromatic carbocycles. The highest BCUT2D eigenvalue weighted by molar-refractivity contribution is 14.0. The summed E-state index contributed by atoms with van der Waals surface area (Å²) < 4.78 is 22.0. The number of aliphatic imine (C=N–C) groups is 1. The van der Waals surface area contributed by atoms with Crippen molar-refractivity contribution in [2.75, 3.05) is 74.3 Å². The number of rotatable bonds is 11. The van der Waals surface area contributed by atoms with Gasteiger partial charge < -0.3 is 29.2 Å². The van der Waals surface area contributed by atoms with Crippen molar-refractivity contribution in [2.45, 2.75) is 26.3 Å². The molecule has 2 rings (SSSR count). The summed E-state index contributed by atoms with van der Waals surface area (Å²) in [5.41, 5.74) is 1.14. The first-order valence-electron chi connectivity index (χ1n) is 10.7. The number of halogens is 1. The van der Waals surface area contributed by atoms with Gasteiger partial charge in [0.1, 0.15) is 0 Å². The zero-order valence-corrected chi connectivity index (χ0v) is 21.9. The van der Waals surface area contributed by atoms with Crippen LogP contribution in [0.4, 0.5) is 0 Å². The highest BCUT2D eigenvalue weighted by atomic mass is 127. The Morgan fingerprint density at radius 3 is 2.16 bits per heavy atom. The van der Waals surface area contributed by atoms with Crippen molar-refractivity contribution in [1.29, 1.82) is 0 Å². The second-order valence-corrected chi connectivity index (χ2v) is 7.24. The zero-order chi connectivity index (χ0) is 21.8. The molecule has 0 aromatic heterocycles. The van der Waals surface area contributed by atoms with Crippen molar-refractivity contribution < 1.29 is 18.9 Å². The summed E-state index contributed by atoms with van der Waals surface area (Å²) in [7, 11) is 6.75. The van der Waals surface area contributed by atoms with Crippen LogP contribution in [0.3, 0.4) is 0 Å². The number of benzene rings is 1. The Hall–Kier alpha value is -1.46. The average Bonchev–Trinajstić information content (AvgIpc) is 2.78. The topological polar surface area (TPSA) is 67.8 Å². The Morgan fingerprint density at radius 1 is 1.00 bits per heavy atom. The SMILES string of the molecule is CCCCOCCNC(=NC)N1CCN(Cc2cc(OC)c(OC)c(OC)c2)CC1.I. The summed E-state index contributed by atoms with van der Waals surface area (Å²) in [4.78, 5) is 9.16. The molecule has 1 saturated heterocycles. The van der Waals surface area contributed by atoms with Crippen LogP contribution in [0.1, 0.15) is 25.3 Å². The van der Waals surface area contributed by atoms with Gasteiger partial charge in [-0.05, 0) is 24.1 Å². The summed E-state index contributed by atoms with van der Waals surface area (Å²) in [6, 6.07) is 4.04. The molecular formula is C22H39IN4O4. The number of methoxy groups -OCH3 is 3. The quantitative estimate of drug-likeness (QED) is 0.197. The number of hydrogen-bond acceptors (Lipinski definition) is 6. The van der Waals surface area contributed by atoms with Crippen LogP contribution in [-0.2, 0) is 11.3 Å². The predicted molar refractivity (Wildman–Crippen MR) is 135 cm³/mol. The highest BCUT2D eigenvalue weighted by Crippen LogP contribution is 2.38. The van der Waals surface area contributed by atoms with Crippen LogP contribution in [0, 0.1) is 0 Å². The van der Waals surface area contributed by atoms with Crippen molar-refractivity contribution in [3.8, 4) is 17.2 Å². The minimum absolute atomic E-state index is 0. The van der Waals surface area contributed by atoms with E-state index in [1.54, 1.807) is 21.3 Å². The second-order valence-electron chi connectivity index (χ2n) is 7.24. The third kappa shape index (κ3) is 8.53. The first kappa shape index (κ1) is 27.6. The number of guanidine groups is 1. The predicted octanol–water partition coefficient (Wildman–Crippen LogP) is 2.84. The van der Waals surface area contributed by atoms with Crippen LogP contribution in [0.15, 0.2) is 17.1 Å². The number of piperazine rings is 1. The summed E-state index contributed by atoms with van der Waals surface area (Å²) in [6.07, 6.45) is 2.28. The average molecular weight is 550 g/mol. The molecule has 0 aliphatic carbocycles. The molecule has 9 heteroatoms. The van der Waals surface area contributed by atoms with Gasteiger partial charge in [-0.2, -0.15) is 0 Å². The number of hydrogen-bond donors (Lipinski definition) is 1. The van der Waals surface area contributed by atoms with E-state index < -0.39 is 0 Å². The molecule has 0 atom stereocenters. The Bertz CT molecular complexity index is 642. The lowest BCUT2D eigenvalue weighted by Gasteiger charge is -2.36. The van der Waals surface area contributed by atoms with Gasteiger partial charge >= 0.3 is 0 Å². The first-order valence-corrected chi connectivity index (χ1v) is 10.7. The maximum Gasteiger partial charge on any atom is 0.203 e. The molecule has 178 valence electrons. The zero-order valence-electron chi connectivity index (χ0n) is 19.6. The van der Waals surface area contributed by atoms with Crippen LogP contribution in [0.25, 0.3) is 0 Å². The molecular weight excluding hydrogens is 511 g/mol. The highest BCUT2D eigenvalue weighted by Gasteiger charge is 2.21. The summed E-state index contributed by atoms with van der Waals surface area (Å²) in [5, 5.41) is 3.41. The molecule has 1 aromatic rings. The van der Waals surface area contributed by atoms with Crippen molar-refractivity contribution in [2.24, 2.45) is 4.99 Å². The van der Waals surface area contributed by atoms with E-state index in [1.165, 1.54) is 0 Å². The van der Waals surface area contributed by atoms with Crippen molar-refractivity contribution >= 4 is 29.9 Å². The molecule has 0 spiro atoms. The van der Waals surface area contributed by atoms with E-state index in [2.05, 4.69) is 27.0 Å². The third-order valence-corrected chi connectivity index (χ3v) is 5.19. The molecule has 31 heavy (non-hydrogen) atoms. The second kappa shape index (κ2) is 15.4. The van der Waals surface area contributed by atoms with Crippen molar-refractivity contribution in [1.82, 2.24) is 15.1 Å². The monoisotopic (exact) mass is 550 g/mol. The molecule has 0 radical (unpaired) electrons. The minimum Gasteiger partial charge on any atom is -0.493 e. The van der Waals surface area contributed by atoms with Gasteiger partial charge in [-0.1, -0.05) is 13.3 Å². The van der Waals surface area contributed by atoms with Crippen LogP contribution in [0.2, 0.25) is 0 Å². The molecule has 1 aliphatic rings. The van der Waals surface area contributed by atoms with Gasteiger partial charge in [-0.15, -0.1) is 24.0 Å². The maximum atomic E-state index is 5.62. The number of ether oxygens (including phenoxy) is 4. The lowest BCUT2D eigenvalue weighted by Crippen LogP contribution is -2.52. The summed E-state index contributed by atoms with van der Waals surface area (Å²) in [5.74, 6) is 2.95. The van der Waals surface area contributed by atoms with E-state index >= 15 is 0 Å². The normalized spacial score (nSPS) is 14.7. The Labute approximate surface area is 204 Å². The molecule has 8 nitrogen and oxygen atoms in total. The maximum absolute atomic E-state index is 5.62. The molecule has 0 amide bonds. The molecule has 1 fully saturated rings. The Kier molecular flexibility index (Phi) is 13.7. The largest absolute Gasteiger partial charge is 0.493 e. The molecule has 0 bridgehead atoms. The fourth-order valence-electron chi connectivity index (χ4n) is 3.52. The molecule has 1 heterocycles. The third-order valence-electron chi connectivity index (χ3n) is 5.19. The van der Waals surface area contributed by atoms with Gasteiger partial charge in [0.15, 0.2) is 17.5 Å². The van der Waals surface area contributed by atoms with Gasteiger partial charge in [0, 0.05) is 52.9 Å². The van der Waals surface area contributed by atoms with Gasteiger partial charge in [-0.3, -0.25) is 9.89 Å². The van der Waals surface area contributed by atoms with E-state index in [4.69, 9.17) is 18.9 Å². The van der Waals surface area contributed by atoms with Crippen LogP contribution < -0.4 is 19.5 Å². The van der Waals surface area contributed by atoms with E-state index in [9.17, 15) is 0 Å². The Morgan fingerprint density at radius 2 is 1.65 bits per heavy atom. The van der Waals surface area contributed by atoms with Gasteiger partial charge in [0.2, 0.25) is 5.75 Å². The molecule has 1 aliphatic heterocycles. The van der Waals surface area contributed by atoms with Gasteiger partial charge in [-0.25, -0.2) is 0 Å². The standard InChI is InChI=1S/C22H38N4O4.HI/c1-6-7-13-30-14-8-24-22(23-2)26-11-9-25(10-12-26)17-18-15-19(27-3)21(29-5)20(16-18)28-4;/h15-16H,6-14,17H2,1-5H3,(H,23,24);1H. The smallest absolute Gasteiger partial charge is 0.203 e. The lowest BCUT2D eigenvalue weighted by atomic mass is 10.1. The van der Waals surface area contributed by atoms with E-state index in [0.717, 1.165) is 70.2 Å². The summed E-state index contributed by atoms with van der Waals surface area (Å²) >= 11 is 0. The first-order chi connectivity index (χ1) is 14.7. The van der Waals surface area contributed by atoms with E-state index in [1.807, 2.05) is 19.2 Å². The molecule has 1 N–H and O–H groups in total. The fourth-order valence-corrected chi connectivity index (χ4v) is 3.52. The number of nitrogens with zero attached hydrogens (tertiary/aromatic N) is 3. The van der Waals surface area contributed by atoms with Crippen molar-refractivity contribution in [3.05, 3.63) is 17.7 Å². The van der Waals surface area contributed by atoms with Crippen LogP contribution >= 0.6 is 24.0 Å². The van der Waals surface area contributed by atoms with Crippen LogP contribution in [0.5, 0.6) is 17.2 Å². The molecule has 0 unspecified atom stereocenters. The number of unbranched alkanes of at least 4 members (excludes halogenated alkanes) is 1. The van der Waals surface area contributed by atoms with E-state index in [-0.39, 0.29) is 24.0 Å². The summed E-state index contributed by atoms with van der Waals surface area (Å²) in [6.45, 7) is 9.11. The van der Waals surface area contributed by atoms with E-state index in [0.29, 0.717) is 23.9 Å². The Balaban J connectivity index is 0.00000480. The number of nitrogens with one attached hydrogen (secondary N) is 1. The fraction of sp³-hybridized carbons (Fsp3) is 0.682. The van der Waals surface area contributed by atoms with Gasteiger partial charge in [0.05, 0.1) is 27.9 Å². The minimum atomic E-state index is 0. The lowest BCUT2D eigenvalue weighted by molar-refractivity contribution is 0.134. The van der Waals surface area contributed by atoms with Gasteiger partial charge in [0.25, 0.3) is 0 Å². The van der Waals surface area contributed by atoms with Crippen molar-refractivity contribution in [3.63, 3.8) is 0 Å².